The molecule has 1 aliphatic rings. The summed E-state index contributed by atoms with van der Waals surface area (Å²) in [5.74, 6) is 1.06. The predicted octanol–water partition coefficient (Wildman–Crippen LogP) is 3.80. The molecule has 2 N–H and O–H groups in total. The molecular formula is C18H21NOS. The SMILES string of the molecule is Cc1ccc(S(=O)CC2CCCc3ccccc32)c(N)c1. The molecule has 110 valence electrons. The maximum atomic E-state index is 12.7. The molecule has 3 rings (SSSR count). The van der Waals surface area contributed by atoms with Crippen molar-refractivity contribution < 1.29 is 4.21 Å². The Morgan fingerprint density at radius 2 is 2.05 bits per heavy atom. The molecule has 0 aromatic heterocycles. The summed E-state index contributed by atoms with van der Waals surface area (Å²) in [6.07, 6.45) is 3.45. The van der Waals surface area contributed by atoms with Gasteiger partial charge in [0.1, 0.15) is 0 Å². The van der Waals surface area contributed by atoms with Crippen LogP contribution < -0.4 is 5.73 Å². The highest BCUT2D eigenvalue weighted by atomic mass is 32.2. The van der Waals surface area contributed by atoms with Crippen LogP contribution in [0, 0.1) is 6.92 Å². The Morgan fingerprint density at radius 3 is 2.86 bits per heavy atom. The van der Waals surface area contributed by atoms with Crippen LogP contribution in [0.25, 0.3) is 0 Å². The average molecular weight is 299 g/mol. The second-order valence-corrected chi connectivity index (χ2v) is 7.31. The molecule has 21 heavy (non-hydrogen) atoms. The van der Waals surface area contributed by atoms with E-state index in [4.69, 9.17) is 5.73 Å². The predicted molar refractivity (Wildman–Crippen MR) is 89.0 cm³/mol. The fraction of sp³-hybridized carbons (Fsp3) is 0.333. The van der Waals surface area contributed by atoms with Crippen molar-refractivity contribution in [3.05, 3.63) is 59.2 Å². The van der Waals surface area contributed by atoms with Crippen molar-refractivity contribution in [1.82, 2.24) is 0 Å². The zero-order valence-corrected chi connectivity index (χ0v) is 13.2. The van der Waals surface area contributed by atoms with Gasteiger partial charge in [-0.25, -0.2) is 0 Å². The summed E-state index contributed by atoms with van der Waals surface area (Å²) in [6, 6.07) is 14.4. The Bertz CT molecular complexity index is 681. The first-order chi connectivity index (χ1) is 10.1. The van der Waals surface area contributed by atoms with Gasteiger partial charge < -0.3 is 5.73 Å². The fourth-order valence-electron chi connectivity index (χ4n) is 3.18. The largest absolute Gasteiger partial charge is 0.398 e. The Morgan fingerprint density at radius 1 is 1.24 bits per heavy atom. The lowest BCUT2D eigenvalue weighted by Gasteiger charge is -2.25. The van der Waals surface area contributed by atoms with Crippen molar-refractivity contribution >= 4 is 16.5 Å². The second-order valence-electron chi connectivity index (χ2n) is 5.84. The van der Waals surface area contributed by atoms with Crippen LogP contribution in [0.4, 0.5) is 5.69 Å². The fourth-order valence-corrected chi connectivity index (χ4v) is 4.61. The third-order valence-electron chi connectivity index (χ3n) is 4.26. The summed E-state index contributed by atoms with van der Waals surface area (Å²) in [5, 5.41) is 0. The van der Waals surface area contributed by atoms with E-state index in [2.05, 4.69) is 24.3 Å². The minimum atomic E-state index is -1.03. The van der Waals surface area contributed by atoms with Crippen LogP contribution in [0.15, 0.2) is 47.4 Å². The van der Waals surface area contributed by atoms with E-state index < -0.39 is 10.8 Å². The monoisotopic (exact) mass is 299 g/mol. The van der Waals surface area contributed by atoms with Gasteiger partial charge in [-0.1, -0.05) is 30.3 Å². The molecule has 0 fully saturated rings. The van der Waals surface area contributed by atoms with E-state index >= 15 is 0 Å². The number of nitrogen functional groups attached to an aromatic ring is 1. The lowest BCUT2D eigenvalue weighted by molar-refractivity contribution is 0.588. The zero-order chi connectivity index (χ0) is 14.8. The lowest BCUT2D eigenvalue weighted by atomic mass is 9.84. The minimum Gasteiger partial charge on any atom is -0.398 e. The molecule has 0 saturated carbocycles. The highest BCUT2D eigenvalue weighted by molar-refractivity contribution is 7.85. The van der Waals surface area contributed by atoms with Crippen molar-refractivity contribution in [3.63, 3.8) is 0 Å². The first-order valence-electron chi connectivity index (χ1n) is 7.47. The lowest BCUT2D eigenvalue weighted by Crippen LogP contribution is -2.16. The van der Waals surface area contributed by atoms with E-state index in [-0.39, 0.29) is 0 Å². The first kappa shape index (κ1) is 14.3. The molecule has 0 amide bonds. The molecule has 0 radical (unpaired) electrons. The van der Waals surface area contributed by atoms with Crippen LogP contribution in [0.1, 0.15) is 35.4 Å². The number of hydrogen-bond acceptors (Lipinski definition) is 2. The normalized spacial score (nSPS) is 19.0. The van der Waals surface area contributed by atoms with Crippen LogP contribution >= 0.6 is 0 Å². The summed E-state index contributed by atoms with van der Waals surface area (Å²) < 4.78 is 12.7. The molecule has 0 bridgehead atoms. The molecule has 2 nitrogen and oxygen atoms in total. The summed E-state index contributed by atoms with van der Waals surface area (Å²) in [5.41, 5.74) is 10.6. The van der Waals surface area contributed by atoms with E-state index in [0.717, 1.165) is 23.3 Å². The summed E-state index contributed by atoms with van der Waals surface area (Å²) in [6.45, 7) is 2.00. The average Bonchev–Trinajstić information content (AvgIpc) is 2.47. The molecule has 0 heterocycles. The van der Waals surface area contributed by atoms with Gasteiger partial charge in [-0.05, 0) is 60.9 Å². The van der Waals surface area contributed by atoms with Crippen LogP contribution in [-0.2, 0) is 17.2 Å². The summed E-state index contributed by atoms with van der Waals surface area (Å²) in [7, 11) is -1.03. The van der Waals surface area contributed by atoms with Gasteiger partial charge in [0.2, 0.25) is 0 Å². The summed E-state index contributed by atoms with van der Waals surface area (Å²) in [4.78, 5) is 0.781. The first-order valence-corrected chi connectivity index (χ1v) is 8.79. The number of rotatable bonds is 3. The molecule has 2 atom stereocenters. The number of benzene rings is 2. The van der Waals surface area contributed by atoms with E-state index in [0.29, 0.717) is 17.4 Å². The number of fused-ring (bicyclic) bond motifs is 1. The molecule has 1 aliphatic carbocycles. The van der Waals surface area contributed by atoms with E-state index in [1.807, 2.05) is 25.1 Å². The molecule has 0 spiro atoms. The molecule has 0 aliphatic heterocycles. The smallest absolute Gasteiger partial charge is 0.0617 e. The third-order valence-corrected chi connectivity index (χ3v) is 5.82. The quantitative estimate of drug-likeness (QED) is 0.876. The van der Waals surface area contributed by atoms with Gasteiger partial charge in [-0.3, -0.25) is 4.21 Å². The van der Waals surface area contributed by atoms with Gasteiger partial charge in [0.15, 0.2) is 0 Å². The van der Waals surface area contributed by atoms with Gasteiger partial charge in [0, 0.05) is 11.4 Å². The molecule has 2 aromatic rings. The van der Waals surface area contributed by atoms with E-state index in [1.54, 1.807) is 0 Å². The van der Waals surface area contributed by atoms with Gasteiger partial charge >= 0.3 is 0 Å². The maximum absolute atomic E-state index is 12.7. The van der Waals surface area contributed by atoms with Gasteiger partial charge in [-0.15, -0.1) is 0 Å². The van der Waals surface area contributed by atoms with E-state index in [9.17, 15) is 4.21 Å². The number of hydrogen-bond donors (Lipinski definition) is 1. The van der Waals surface area contributed by atoms with Crippen molar-refractivity contribution in [2.24, 2.45) is 0 Å². The number of aryl methyl sites for hydroxylation is 2. The highest BCUT2D eigenvalue weighted by Gasteiger charge is 2.22. The third kappa shape index (κ3) is 3.03. The van der Waals surface area contributed by atoms with Gasteiger partial charge in [0.05, 0.1) is 15.7 Å². The van der Waals surface area contributed by atoms with Crippen LogP contribution in [0.5, 0.6) is 0 Å². The Hall–Kier alpha value is -1.61. The molecule has 0 saturated heterocycles. The molecule has 2 unspecified atom stereocenters. The standard InChI is InChI=1S/C18H21NOS/c1-13-9-10-18(17(19)11-13)21(20)12-15-7-4-6-14-5-2-3-8-16(14)15/h2-3,5,8-11,15H,4,6-7,12,19H2,1H3. The van der Waals surface area contributed by atoms with Crippen LogP contribution in [0.3, 0.4) is 0 Å². The summed E-state index contributed by atoms with van der Waals surface area (Å²) >= 11 is 0. The van der Waals surface area contributed by atoms with E-state index in [1.165, 1.54) is 17.5 Å². The van der Waals surface area contributed by atoms with Gasteiger partial charge in [0.25, 0.3) is 0 Å². The number of anilines is 1. The van der Waals surface area contributed by atoms with Crippen molar-refractivity contribution in [3.8, 4) is 0 Å². The Balaban J connectivity index is 1.83. The Labute approximate surface area is 128 Å². The van der Waals surface area contributed by atoms with Crippen LogP contribution in [0.2, 0.25) is 0 Å². The van der Waals surface area contributed by atoms with Gasteiger partial charge in [-0.2, -0.15) is 0 Å². The minimum absolute atomic E-state index is 0.386. The zero-order valence-electron chi connectivity index (χ0n) is 12.3. The van der Waals surface area contributed by atoms with Crippen LogP contribution in [-0.4, -0.2) is 9.96 Å². The van der Waals surface area contributed by atoms with Crippen molar-refractivity contribution in [2.75, 3.05) is 11.5 Å². The van der Waals surface area contributed by atoms with Crippen molar-refractivity contribution in [1.29, 1.82) is 0 Å². The second kappa shape index (κ2) is 6.02. The molecular weight excluding hydrogens is 278 g/mol. The Kier molecular flexibility index (Phi) is 4.11. The highest BCUT2D eigenvalue weighted by Crippen LogP contribution is 2.33. The number of nitrogens with two attached hydrogens (primary N) is 1. The molecule has 3 heteroatoms. The molecule has 2 aromatic carbocycles. The van der Waals surface area contributed by atoms with Crippen molar-refractivity contribution in [2.45, 2.75) is 37.0 Å². The topological polar surface area (TPSA) is 43.1 Å². The maximum Gasteiger partial charge on any atom is 0.0617 e.